The first-order chi connectivity index (χ1) is 17.9. The van der Waals surface area contributed by atoms with Crippen molar-refractivity contribution in [3.8, 4) is 5.75 Å². The molecule has 0 aromatic heterocycles. The van der Waals surface area contributed by atoms with Crippen LogP contribution >= 0.6 is 11.6 Å². The van der Waals surface area contributed by atoms with E-state index >= 15 is 0 Å². The maximum Gasteiger partial charge on any atom is 0.243 e. The van der Waals surface area contributed by atoms with Crippen LogP contribution < -0.4 is 14.4 Å². The third-order valence-electron chi connectivity index (χ3n) is 6.23. The van der Waals surface area contributed by atoms with Crippen LogP contribution in [0.1, 0.15) is 52.0 Å². The van der Waals surface area contributed by atoms with Crippen molar-refractivity contribution >= 4 is 39.1 Å². The Morgan fingerprint density at radius 3 is 2.29 bits per heavy atom. The predicted octanol–water partition coefficient (Wildman–Crippen LogP) is 4.76. The highest BCUT2D eigenvalue weighted by molar-refractivity contribution is 7.92. The minimum Gasteiger partial charge on any atom is -0.495 e. The number of nitrogens with zero attached hydrogens (tertiary/aromatic N) is 2. The van der Waals surface area contributed by atoms with E-state index in [1.165, 1.54) is 34.5 Å². The van der Waals surface area contributed by atoms with Crippen LogP contribution in [0, 0.1) is 5.82 Å². The summed E-state index contributed by atoms with van der Waals surface area (Å²) in [7, 11) is -2.20. The van der Waals surface area contributed by atoms with E-state index in [9.17, 15) is 22.4 Å². The summed E-state index contributed by atoms with van der Waals surface area (Å²) in [6, 6.07) is 9.64. The van der Waals surface area contributed by atoms with Crippen molar-refractivity contribution in [1.82, 2.24) is 10.2 Å². The van der Waals surface area contributed by atoms with Gasteiger partial charge in [-0.25, -0.2) is 12.8 Å². The number of amides is 2. The van der Waals surface area contributed by atoms with Crippen LogP contribution in [0.4, 0.5) is 10.1 Å². The zero-order chi connectivity index (χ0) is 28.5. The smallest absolute Gasteiger partial charge is 0.243 e. The van der Waals surface area contributed by atoms with Gasteiger partial charge in [0.1, 0.15) is 17.6 Å². The first-order valence-corrected chi connectivity index (χ1v) is 14.8. The number of carbonyl (C=O) groups is 2. The number of benzene rings is 2. The fourth-order valence-electron chi connectivity index (χ4n) is 3.96. The second kappa shape index (κ2) is 14.3. The molecule has 0 saturated carbocycles. The molecule has 0 heterocycles. The average Bonchev–Trinajstić information content (AvgIpc) is 2.86. The number of sulfonamides is 1. The molecule has 2 aromatic rings. The molecule has 0 bridgehead atoms. The van der Waals surface area contributed by atoms with E-state index in [1.807, 2.05) is 20.8 Å². The molecule has 0 aliphatic rings. The summed E-state index contributed by atoms with van der Waals surface area (Å²) in [6.07, 6.45) is 2.42. The van der Waals surface area contributed by atoms with Crippen molar-refractivity contribution in [3.63, 3.8) is 0 Å². The van der Waals surface area contributed by atoms with Crippen LogP contribution in [0.2, 0.25) is 5.02 Å². The molecule has 8 nitrogen and oxygen atoms in total. The van der Waals surface area contributed by atoms with Crippen LogP contribution in [0.15, 0.2) is 42.5 Å². The summed E-state index contributed by atoms with van der Waals surface area (Å²) in [6.45, 7) is 5.83. The summed E-state index contributed by atoms with van der Waals surface area (Å²) < 4.78 is 44.8. The monoisotopic (exact) mass is 569 g/mol. The third-order valence-corrected chi connectivity index (χ3v) is 7.72. The van der Waals surface area contributed by atoms with E-state index in [0.29, 0.717) is 23.4 Å². The van der Waals surface area contributed by atoms with E-state index in [0.717, 1.165) is 12.7 Å². The summed E-state index contributed by atoms with van der Waals surface area (Å²) >= 11 is 6.19. The van der Waals surface area contributed by atoms with E-state index in [4.69, 9.17) is 16.3 Å². The molecule has 38 heavy (non-hydrogen) atoms. The van der Waals surface area contributed by atoms with Gasteiger partial charge in [-0.2, -0.15) is 0 Å². The van der Waals surface area contributed by atoms with E-state index < -0.39 is 21.9 Å². The first-order valence-electron chi connectivity index (χ1n) is 12.6. The molecule has 0 unspecified atom stereocenters. The van der Waals surface area contributed by atoms with Crippen LogP contribution in [-0.4, -0.2) is 57.1 Å². The molecule has 210 valence electrons. The minimum atomic E-state index is -3.67. The van der Waals surface area contributed by atoms with Gasteiger partial charge in [-0.3, -0.25) is 13.9 Å². The Bertz CT molecular complexity index is 1190. The quantitative estimate of drug-likeness (QED) is 0.354. The molecule has 0 spiro atoms. The van der Waals surface area contributed by atoms with Gasteiger partial charge >= 0.3 is 0 Å². The Hall–Kier alpha value is -2.85. The molecule has 2 amide bonds. The average molecular weight is 570 g/mol. The number of methoxy groups -OCH3 is 1. The Kier molecular flexibility index (Phi) is 11.8. The number of hydrogen-bond acceptors (Lipinski definition) is 5. The fourth-order valence-corrected chi connectivity index (χ4v) is 5.17. The van der Waals surface area contributed by atoms with Crippen LogP contribution in [0.3, 0.4) is 0 Å². The lowest BCUT2D eigenvalue weighted by Gasteiger charge is -2.32. The molecule has 0 saturated heterocycles. The molecule has 11 heteroatoms. The highest BCUT2D eigenvalue weighted by Gasteiger charge is 2.29. The first kappa shape index (κ1) is 31.4. The van der Waals surface area contributed by atoms with Crippen molar-refractivity contribution in [2.24, 2.45) is 0 Å². The number of hydrogen-bond donors (Lipinski definition) is 1. The summed E-state index contributed by atoms with van der Waals surface area (Å²) in [5.41, 5.74) is 1.04. The molecule has 2 aromatic carbocycles. The largest absolute Gasteiger partial charge is 0.495 e. The van der Waals surface area contributed by atoms with E-state index in [-0.39, 0.29) is 48.8 Å². The molecule has 2 atom stereocenters. The third kappa shape index (κ3) is 8.87. The minimum absolute atomic E-state index is 0.00418. The van der Waals surface area contributed by atoms with Crippen molar-refractivity contribution in [3.05, 3.63) is 58.9 Å². The normalized spacial score (nSPS) is 12.9. The molecule has 0 aliphatic heterocycles. The van der Waals surface area contributed by atoms with Gasteiger partial charge in [0, 0.05) is 25.6 Å². The lowest BCUT2D eigenvalue weighted by atomic mass is 10.1. The zero-order valence-electron chi connectivity index (χ0n) is 22.5. The lowest BCUT2D eigenvalue weighted by Crippen LogP contribution is -2.50. The Balaban J connectivity index is 2.24. The van der Waals surface area contributed by atoms with Crippen molar-refractivity contribution in [1.29, 1.82) is 0 Å². The van der Waals surface area contributed by atoms with Crippen molar-refractivity contribution in [2.45, 2.75) is 65.1 Å². The van der Waals surface area contributed by atoms with Gasteiger partial charge in [0.2, 0.25) is 21.8 Å². The van der Waals surface area contributed by atoms with Gasteiger partial charge in [0.25, 0.3) is 0 Å². The van der Waals surface area contributed by atoms with Crippen LogP contribution in [0.5, 0.6) is 5.75 Å². The van der Waals surface area contributed by atoms with E-state index in [1.54, 1.807) is 24.3 Å². The lowest BCUT2D eigenvalue weighted by molar-refractivity contribution is -0.141. The number of halogens is 2. The van der Waals surface area contributed by atoms with Gasteiger partial charge in [-0.05, 0) is 62.1 Å². The fraction of sp³-hybridized carbons (Fsp3) is 0.481. The van der Waals surface area contributed by atoms with Gasteiger partial charge in [0.05, 0.1) is 24.1 Å². The predicted molar refractivity (Wildman–Crippen MR) is 148 cm³/mol. The molecule has 0 radical (unpaired) electrons. The molecule has 1 N–H and O–H groups in total. The Labute approximate surface area is 230 Å². The molecule has 0 fully saturated rings. The second-order valence-corrected chi connectivity index (χ2v) is 11.5. The summed E-state index contributed by atoms with van der Waals surface area (Å²) in [5, 5.41) is 3.20. The summed E-state index contributed by atoms with van der Waals surface area (Å²) in [4.78, 5) is 28.0. The van der Waals surface area contributed by atoms with Gasteiger partial charge in [-0.1, -0.05) is 37.6 Å². The van der Waals surface area contributed by atoms with Crippen molar-refractivity contribution in [2.75, 3.05) is 24.2 Å². The topological polar surface area (TPSA) is 96.0 Å². The Morgan fingerprint density at radius 2 is 1.76 bits per heavy atom. The van der Waals surface area contributed by atoms with Gasteiger partial charge in [-0.15, -0.1) is 0 Å². The number of ether oxygens (including phenoxy) is 1. The maximum absolute atomic E-state index is 13.5. The van der Waals surface area contributed by atoms with Gasteiger partial charge < -0.3 is 15.0 Å². The zero-order valence-corrected chi connectivity index (χ0v) is 24.1. The van der Waals surface area contributed by atoms with Crippen molar-refractivity contribution < 1.29 is 27.1 Å². The second-order valence-electron chi connectivity index (χ2n) is 9.15. The number of nitrogens with one attached hydrogen (secondary N) is 1. The van der Waals surface area contributed by atoms with Gasteiger partial charge in [0.15, 0.2) is 0 Å². The highest BCUT2D eigenvalue weighted by Crippen LogP contribution is 2.30. The SMILES string of the molecule is CC[C@H](C)NC(=O)[C@H](CC)N(Cc1ccc(F)cc1)C(=O)CCCN(c1ccc(OC)c(Cl)c1)S(C)(=O)=O. The Morgan fingerprint density at radius 1 is 1.11 bits per heavy atom. The standard InChI is InChI=1S/C27H37ClFN3O5S/c1-6-19(3)30-27(34)24(7-2)31(18-20-10-12-21(29)13-11-20)26(33)9-8-16-32(38(5,35)36)22-14-15-25(37-4)23(28)17-22/h10-15,17,19,24H,6-9,16,18H2,1-5H3,(H,30,34)/t19-,24-/m0/s1. The number of anilines is 1. The summed E-state index contributed by atoms with van der Waals surface area (Å²) in [5.74, 6) is -0.547. The molecular weight excluding hydrogens is 533 g/mol. The highest BCUT2D eigenvalue weighted by atomic mass is 35.5. The molecule has 2 rings (SSSR count). The van der Waals surface area contributed by atoms with Crippen LogP contribution in [-0.2, 0) is 26.2 Å². The van der Waals surface area contributed by atoms with E-state index in [2.05, 4.69) is 5.32 Å². The number of rotatable bonds is 14. The number of carbonyl (C=O) groups excluding carboxylic acids is 2. The maximum atomic E-state index is 13.5. The van der Waals surface area contributed by atoms with Crippen LogP contribution in [0.25, 0.3) is 0 Å². The molecular formula is C27H37ClFN3O5S. The molecule has 0 aliphatic carbocycles.